The van der Waals surface area contributed by atoms with Crippen molar-refractivity contribution in [1.29, 1.82) is 0 Å². The van der Waals surface area contributed by atoms with Crippen molar-refractivity contribution in [3.8, 4) is 0 Å². The van der Waals surface area contributed by atoms with Gasteiger partial charge in [-0.1, -0.05) is 30.3 Å². The molecule has 1 saturated carbocycles. The van der Waals surface area contributed by atoms with Crippen LogP contribution < -0.4 is 0 Å². The van der Waals surface area contributed by atoms with Crippen LogP contribution in [0.3, 0.4) is 0 Å². The van der Waals surface area contributed by atoms with Gasteiger partial charge in [0.2, 0.25) is 15.9 Å². The van der Waals surface area contributed by atoms with E-state index in [0.29, 0.717) is 6.54 Å². The fraction of sp³-hybridized carbons (Fsp3) is 0.409. The number of carbonyl (C=O) groups is 1. The largest absolute Gasteiger partial charge is 0.383 e. The monoisotopic (exact) mass is 431 g/mol. The minimum Gasteiger partial charge on any atom is -0.383 e. The summed E-state index contributed by atoms with van der Waals surface area (Å²) in [6.45, 7) is 0.607. The highest BCUT2D eigenvalue weighted by Crippen LogP contribution is 2.29. The molecule has 1 aliphatic rings. The van der Waals surface area contributed by atoms with Crippen molar-refractivity contribution in [2.24, 2.45) is 7.05 Å². The topological polar surface area (TPSA) is 71.8 Å². The van der Waals surface area contributed by atoms with Crippen LogP contribution in [-0.2, 0) is 33.1 Å². The predicted molar refractivity (Wildman–Crippen MR) is 117 cm³/mol. The number of methoxy groups -OCH3 is 1. The third-order valence-electron chi connectivity index (χ3n) is 5.14. The maximum atomic E-state index is 13.1. The van der Waals surface area contributed by atoms with Gasteiger partial charge in [0.05, 0.1) is 19.7 Å². The second-order valence-electron chi connectivity index (χ2n) is 7.45. The molecule has 1 aromatic carbocycles. The molecular weight excluding hydrogens is 402 g/mol. The lowest BCUT2D eigenvalue weighted by Gasteiger charge is -2.26. The van der Waals surface area contributed by atoms with Crippen LogP contribution in [0.15, 0.2) is 54.1 Å². The van der Waals surface area contributed by atoms with E-state index < -0.39 is 10.0 Å². The van der Waals surface area contributed by atoms with Crippen LogP contribution in [0.4, 0.5) is 0 Å². The number of aryl methyl sites for hydroxylation is 1. The van der Waals surface area contributed by atoms with Gasteiger partial charge < -0.3 is 14.2 Å². The van der Waals surface area contributed by atoms with Gasteiger partial charge in [-0.25, -0.2) is 8.42 Å². The number of carbonyl (C=O) groups excluding carboxylic acids is 1. The van der Waals surface area contributed by atoms with Gasteiger partial charge in [0, 0.05) is 44.0 Å². The zero-order chi connectivity index (χ0) is 21.6. The molecule has 3 rings (SSSR count). The van der Waals surface area contributed by atoms with Gasteiger partial charge in [-0.2, -0.15) is 4.31 Å². The summed E-state index contributed by atoms with van der Waals surface area (Å²) in [5.74, 6) is -0.188. The third kappa shape index (κ3) is 6.04. The third-order valence-corrected chi connectivity index (χ3v) is 6.65. The number of ether oxygens (including phenoxy) is 1. The second kappa shape index (κ2) is 10.1. The average molecular weight is 432 g/mol. The summed E-state index contributed by atoms with van der Waals surface area (Å²) >= 11 is 0. The van der Waals surface area contributed by atoms with Crippen LogP contribution in [-0.4, -0.2) is 60.9 Å². The lowest BCUT2D eigenvalue weighted by Crippen LogP contribution is -2.44. The van der Waals surface area contributed by atoms with Crippen LogP contribution in [0.25, 0.3) is 6.08 Å². The maximum absolute atomic E-state index is 13.1. The number of nitrogens with zero attached hydrogens (tertiary/aromatic N) is 3. The second-order valence-corrected chi connectivity index (χ2v) is 9.27. The number of aromatic nitrogens is 1. The van der Waals surface area contributed by atoms with E-state index >= 15 is 0 Å². The Kier molecular flexibility index (Phi) is 7.47. The van der Waals surface area contributed by atoms with Gasteiger partial charge >= 0.3 is 0 Å². The molecule has 2 aromatic rings. The first kappa shape index (κ1) is 22.3. The molecule has 0 spiro atoms. The van der Waals surface area contributed by atoms with Crippen LogP contribution in [0, 0.1) is 0 Å². The SMILES string of the molecule is COCCN(CC(=O)N(Cc1cccn1C)C1CC1)S(=O)(=O)/C=C/c1ccccc1. The summed E-state index contributed by atoms with van der Waals surface area (Å²) < 4.78 is 34.1. The van der Waals surface area contributed by atoms with E-state index in [2.05, 4.69) is 0 Å². The van der Waals surface area contributed by atoms with Crippen molar-refractivity contribution in [3.05, 3.63) is 65.3 Å². The molecule has 1 amide bonds. The lowest BCUT2D eigenvalue weighted by molar-refractivity contribution is -0.132. The summed E-state index contributed by atoms with van der Waals surface area (Å²) in [6.07, 6.45) is 5.39. The molecule has 0 saturated heterocycles. The molecule has 1 aromatic heterocycles. The van der Waals surface area contributed by atoms with Crippen LogP contribution in [0.5, 0.6) is 0 Å². The summed E-state index contributed by atoms with van der Waals surface area (Å²) in [5.41, 5.74) is 1.80. The number of sulfonamides is 1. The minimum absolute atomic E-state index is 0.117. The first-order valence-corrected chi connectivity index (χ1v) is 11.5. The first-order valence-electron chi connectivity index (χ1n) is 10.0. The number of hydrogen-bond donors (Lipinski definition) is 0. The van der Waals surface area contributed by atoms with Crippen molar-refractivity contribution < 1.29 is 17.9 Å². The molecular formula is C22H29N3O4S. The van der Waals surface area contributed by atoms with Crippen molar-refractivity contribution in [1.82, 2.24) is 13.8 Å². The normalized spacial score (nSPS) is 14.5. The Morgan fingerprint density at radius 3 is 2.53 bits per heavy atom. The van der Waals surface area contributed by atoms with Crippen LogP contribution >= 0.6 is 0 Å². The summed E-state index contributed by atoms with van der Waals surface area (Å²) in [6, 6.07) is 13.3. The van der Waals surface area contributed by atoms with Crippen molar-refractivity contribution in [3.63, 3.8) is 0 Å². The van der Waals surface area contributed by atoms with E-state index in [4.69, 9.17) is 4.74 Å². The quantitative estimate of drug-likeness (QED) is 0.548. The van der Waals surface area contributed by atoms with Crippen LogP contribution in [0.1, 0.15) is 24.1 Å². The summed E-state index contributed by atoms with van der Waals surface area (Å²) in [7, 11) is -0.325. The molecule has 1 aliphatic carbocycles. The molecule has 30 heavy (non-hydrogen) atoms. The van der Waals surface area contributed by atoms with E-state index in [-0.39, 0.29) is 31.6 Å². The smallest absolute Gasteiger partial charge is 0.238 e. The fourth-order valence-electron chi connectivity index (χ4n) is 3.19. The van der Waals surface area contributed by atoms with Crippen molar-refractivity contribution in [2.75, 3.05) is 26.8 Å². The minimum atomic E-state index is -3.78. The van der Waals surface area contributed by atoms with Gasteiger partial charge in [0.25, 0.3) is 0 Å². The maximum Gasteiger partial charge on any atom is 0.238 e. The Balaban J connectivity index is 1.74. The van der Waals surface area contributed by atoms with Gasteiger partial charge in [-0.15, -0.1) is 0 Å². The van der Waals surface area contributed by atoms with E-state index in [1.807, 2.05) is 60.3 Å². The van der Waals surface area contributed by atoms with E-state index in [1.54, 1.807) is 11.0 Å². The molecule has 0 aliphatic heterocycles. The molecule has 0 N–H and O–H groups in total. The number of hydrogen-bond acceptors (Lipinski definition) is 4. The Labute approximate surface area is 178 Å². The molecule has 8 heteroatoms. The average Bonchev–Trinajstić information content (AvgIpc) is 3.50. The molecule has 0 unspecified atom stereocenters. The zero-order valence-electron chi connectivity index (χ0n) is 17.5. The van der Waals surface area contributed by atoms with Gasteiger partial charge in [0.15, 0.2) is 0 Å². The first-order chi connectivity index (χ1) is 14.4. The highest BCUT2D eigenvalue weighted by molar-refractivity contribution is 7.92. The fourth-order valence-corrected chi connectivity index (χ4v) is 4.31. The number of rotatable bonds is 11. The van der Waals surface area contributed by atoms with E-state index in [0.717, 1.165) is 29.5 Å². The Hall–Kier alpha value is -2.42. The Bertz CT molecular complexity index is 965. The Morgan fingerprint density at radius 2 is 1.93 bits per heavy atom. The van der Waals surface area contributed by atoms with E-state index in [1.165, 1.54) is 11.4 Å². The molecule has 0 atom stereocenters. The lowest BCUT2D eigenvalue weighted by atomic mass is 10.2. The van der Waals surface area contributed by atoms with Crippen LogP contribution in [0.2, 0.25) is 0 Å². The van der Waals surface area contributed by atoms with Gasteiger partial charge in [-0.3, -0.25) is 4.79 Å². The summed E-state index contributed by atoms with van der Waals surface area (Å²) in [4.78, 5) is 14.9. The molecule has 7 nitrogen and oxygen atoms in total. The van der Waals surface area contributed by atoms with Gasteiger partial charge in [0.1, 0.15) is 0 Å². The van der Waals surface area contributed by atoms with E-state index in [9.17, 15) is 13.2 Å². The standard InChI is InChI=1S/C22H29N3O4S/c1-23-13-6-9-21(23)17-25(20-10-11-20)22(26)18-24(14-15-29-2)30(27,28)16-12-19-7-4-3-5-8-19/h3-9,12-13,16,20H,10-11,14-15,17-18H2,1-2H3/b16-12+. The van der Waals surface area contributed by atoms with Crippen molar-refractivity contribution >= 4 is 22.0 Å². The highest BCUT2D eigenvalue weighted by atomic mass is 32.2. The zero-order valence-corrected chi connectivity index (χ0v) is 18.3. The number of amides is 1. The molecule has 1 fully saturated rings. The summed E-state index contributed by atoms with van der Waals surface area (Å²) in [5, 5.41) is 1.16. The van der Waals surface area contributed by atoms with Crippen molar-refractivity contribution in [2.45, 2.75) is 25.4 Å². The Morgan fingerprint density at radius 1 is 1.20 bits per heavy atom. The highest BCUT2D eigenvalue weighted by Gasteiger charge is 2.34. The number of benzene rings is 1. The molecule has 0 bridgehead atoms. The molecule has 162 valence electrons. The van der Waals surface area contributed by atoms with Gasteiger partial charge in [-0.05, 0) is 36.6 Å². The molecule has 0 radical (unpaired) electrons. The predicted octanol–water partition coefficient (Wildman–Crippen LogP) is 2.47. The molecule has 1 heterocycles.